The van der Waals surface area contributed by atoms with E-state index >= 15 is 0 Å². The number of ether oxygens (including phenoxy) is 1. The highest BCUT2D eigenvalue weighted by molar-refractivity contribution is 7.92. The van der Waals surface area contributed by atoms with Crippen LogP contribution in [0.2, 0.25) is 0 Å². The summed E-state index contributed by atoms with van der Waals surface area (Å²) in [6, 6.07) is 23.1. The second-order valence-corrected chi connectivity index (χ2v) is 19.9. The number of phenols is 1. The summed E-state index contributed by atoms with van der Waals surface area (Å²) in [6.07, 6.45) is 14.2. The second-order valence-electron chi connectivity index (χ2n) is 17.4. The Kier molecular flexibility index (Phi) is 11.9. The summed E-state index contributed by atoms with van der Waals surface area (Å²) in [5.74, 6) is 3.01. The molecule has 3 aromatic carbocycles. The molecule has 0 unspecified atom stereocenters. The highest BCUT2D eigenvalue weighted by Crippen LogP contribution is 2.61. The quantitative estimate of drug-likeness (QED) is 0.0995. The third kappa shape index (κ3) is 8.12. The van der Waals surface area contributed by atoms with Crippen molar-refractivity contribution in [2.45, 2.75) is 120 Å². The highest BCUT2D eigenvalue weighted by atomic mass is 32.2. The fraction of sp³-hybridized carbons (Fsp3) is 0.479. The number of aromatic hydroxyl groups is 1. The van der Waals surface area contributed by atoms with E-state index in [1.807, 2.05) is 37.4 Å². The summed E-state index contributed by atoms with van der Waals surface area (Å²) in [5.41, 5.74) is 8.90. The predicted octanol–water partition coefficient (Wildman–Crippen LogP) is 10.1. The SMILES string of the molecule is CNCc1ccc(-c2cc(-c3nc(-c4ccc(S(=O)(=O)C(C)C)cc4)cnc3CCCCCCO[C@H]3CC[C@H]4[C@@H]5CCc6cc(O)ccc6[C@H]5CC[C@]34C)on2)cc1. The van der Waals surface area contributed by atoms with Crippen LogP contribution in [-0.2, 0) is 34.0 Å². The van der Waals surface area contributed by atoms with Gasteiger partial charge >= 0.3 is 0 Å². The normalized spacial score (nSPS) is 22.8. The molecule has 0 spiro atoms. The van der Waals surface area contributed by atoms with Gasteiger partial charge in [-0.15, -0.1) is 0 Å². The minimum atomic E-state index is -3.38. The number of benzene rings is 3. The van der Waals surface area contributed by atoms with Crippen LogP contribution in [-0.4, -0.2) is 53.7 Å². The zero-order valence-electron chi connectivity index (χ0n) is 34.4. The number of nitrogens with zero attached hydrogens (tertiary/aromatic N) is 3. The van der Waals surface area contributed by atoms with Crippen LogP contribution >= 0.6 is 0 Å². The third-order valence-corrected chi connectivity index (χ3v) is 15.7. The monoisotopic (exact) mass is 802 g/mol. The Morgan fingerprint density at radius 3 is 2.45 bits per heavy atom. The van der Waals surface area contributed by atoms with E-state index in [9.17, 15) is 13.5 Å². The Labute approximate surface area is 344 Å². The van der Waals surface area contributed by atoms with Gasteiger partial charge in [-0.3, -0.25) is 4.98 Å². The van der Waals surface area contributed by atoms with Crippen molar-refractivity contribution in [3.05, 3.63) is 101 Å². The van der Waals surface area contributed by atoms with Gasteiger partial charge in [0.2, 0.25) is 0 Å². The summed E-state index contributed by atoms with van der Waals surface area (Å²) in [5, 5.41) is 17.2. The summed E-state index contributed by atoms with van der Waals surface area (Å²) in [4.78, 5) is 10.3. The highest BCUT2D eigenvalue weighted by Gasteiger charge is 2.55. The van der Waals surface area contributed by atoms with Crippen molar-refractivity contribution < 1.29 is 22.8 Å². The Balaban J connectivity index is 0.894. The molecule has 0 saturated heterocycles. The molecule has 2 aromatic heterocycles. The van der Waals surface area contributed by atoms with Crippen LogP contribution in [0.3, 0.4) is 0 Å². The zero-order valence-corrected chi connectivity index (χ0v) is 35.2. The molecule has 3 aliphatic rings. The molecule has 2 heterocycles. The molecule has 0 bridgehead atoms. The predicted molar refractivity (Wildman–Crippen MR) is 228 cm³/mol. The number of hydrogen-bond donors (Lipinski definition) is 2. The van der Waals surface area contributed by atoms with Crippen molar-refractivity contribution >= 4 is 9.84 Å². The van der Waals surface area contributed by atoms with Gasteiger partial charge in [0.05, 0.1) is 33.8 Å². The van der Waals surface area contributed by atoms with Gasteiger partial charge in [-0.25, -0.2) is 13.4 Å². The minimum absolute atomic E-state index is 0.251. The van der Waals surface area contributed by atoms with Crippen molar-refractivity contribution in [3.8, 4) is 39.7 Å². The Morgan fingerprint density at radius 2 is 1.67 bits per heavy atom. The van der Waals surface area contributed by atoms with Crippen LogP contribution in [0.15, 0.2) is 88.4 Å². The molecular formula is C48H58N4O5S. The maximum absolute atomic E-state index is 12.8. The molecule has 2 saturated carbocycles. The lowest BCUT2D eigenvalue weighted by atomic mass is 9.55. The van der Waals surface area contributed by atoms with E-state index < -0.39 is 15.1 Å². The number of fused-ring (bicyclic) bond motifs is 5. The van der Waals surface area contributed by atoms with E-state index in [-0.39, 0.29) is 5.41 Å². The fourth-order valence-electron chi connectivity index (χ4n) is 10.3. The molecule has 3 aliphatic carbocycles. The van der Waals surface area contributed by atoms with E-state index in [2.05, 4.69) is 35.6 Å². The lowest BCUT2D eigenvalue weighted by Gasteiger charge is -2.50. The summed E-state index contributed by atoms with van der Waals surface area (Å²) in [7, 11) is -1.45. The first-order valence-corrected chi connectivity index (χ1v) is 22.9. The van der Waals surface area contributed by atoms with E-state index in [1.54, 1.807) is 44.3 Å². The molecule has 58 heavy (non-hydrogen) atoms. The number of aryl methyl sites for hydroxylation is 2. The first-order valence-electron chi connectivity index (χ1n) is 21.4. The topological polar surface area (TPSA) is 127 Å². The van der Waals surface area contributed by atoms with E-state index in [0.29, 0.717) is 45.7 Å². The maximum atomic E-state index is 12.8. The number of sulfone groups is 1. The second kappa shape index (κ2) is 17.1. The average Bonchev–Trinajstić information content (AvgIpc) is 3.85. The zero-order chi connectivity index (χ0) is 40.4. The molecule has 0 aliphatic heterocycles. The van der Waals surface area contributed by atoms with E-state index in [1.165, 1.54) is 42.4 Å². The van der Waals surface area contributed by atoms with Crippen LogP contribution in [0.5, 0.6) is 5.75 Å². The van der Waals surface area contributed by atoms with Crippen molar-refractivity contribution in [1.82, 2.24) is 20.4 Å². The molecule has 10 heteroatoms. The van der Waals surface area contributed by atoms with Crippen molar-refractivity contribution in [2.24, 2.45) is 17.3 Å². The molecule has 2 fully saturated rings. The molecule has 5 aromatic rings. The van der Waals surface area contributed by atoms with Gasteiger partial charge in [0.25, 0.3) is 0 Å². The van der Waals surface area contributed by atoms with Crippen molar-refractivity contribution in [2.75, 3.05) is 13.7 Å². The van der Waals surface area contributed by atoms with Crippen LogP contribution in [0.4, 0.5) is 0 Å². The maximum Gasteiger partial charge on any atom is 0.187 e. The van der Waals surface area contributed by atoms with Gasteiger partial charge in [0.1, 0.15) is 17.1 Å². The van der Waals surface area contributed by atoms with Gasteiger partial charge in [-0.1, -0.05) is 67.4 Å². The van der Waals surface area contributed by atoms with E-state index in [0.717, 1.165) is 86.5 Å². The number of nitrogens with one attached hydrogen (secondary N) is 1. The van der Waals surface area contributed by atoms with Gasteiger partial charge < -0.3 is 19.7 Å². The van der Waals surface area contributed by atoms with Crippen LogP contribution in [0, 0.1) is 17.3 Å². The summed E-state index contributed by atoms with van der Waals surface area (Å²) >= 11 is 0. The Hall–Kier alpha value is -4.38. The third-order valence-electron chi connectivity index (χ3n) is 13.6. The summed E-state index contributed by atoms with van der Waals surface area (Å²) in [6.45, 7) is 7.48. The first-order chi connectivity index (χ1) is 28.0. The molecule has 9 nitrogen and oxygen atoms in total. The number of rotatable bonds is 15. The standard InChI is InChI=1S/C48H58N4O5S/c1-31(2)58(54,55)37-18-14-34(15-19-37)44-30-50-42(47(51-44)45-28-43(52-57-45)33-12-10-32(11-13-33)29-49-4)9-7-5-6-8-26-56-46-23-22-41-40-20-16-35-27-36(53)17-21-38(35)39(40)24-25-48(41,46)3/h10-15,17-19,21,27-28,30-31,39-41,46,49,53H,5-9,16,20,22-26,29H2,1-4H3/t39-,40-,41+,46+,48+/m1/s1. The number of unbranched alkanes of at least 4 members (excludes halogenated alkanes) is 3. The van der Waals surface area contributed by atoms with Crippen LogP contribution in [0.25, 0.3) is 34.0 Å². The molecule has 2 N–H and O–H groups in total. The number of hydrogen-bond acceptors (Lipinski definition) is 9. The van der Waals surface area contributed by atoms with Crippen molar-refractivity contribution in [1.29, 1.82) is 0 Å². The van der Waals surface area contributed by atoms with Crippen LogP contribution in [0.1, 0.15) is 107 Å². The van der Waals surface area contributed by atoms with Gasteiger partial charge in [-0.05, 0) is 143 Å². The van der Waals surface area contributed by atoms with Gasteiger partial charge in [0, 0.05) is 30.3 Å². The number of phenolic OH excluding ortho intramolecular Hbond substituents is 1. The minimum Gasteiger partial charge on any atom is -0.508 e. The van der Waals surface area contributed by atoms with E-state index in [4.69, 9.17) is 19.2 Å². The fourth-order valence-corrected chi connectivity index (χ4v) is 11.4. The molecule has 306 valence electrons. The van der Waals surface area contributed by atoms with Crippen LogP contribution < -0.4 is 5.32 Å². The van der Waals surface area contributed by atoms with Crippen molar-refractivity contribution in [3.63, 3.8) is 0 Å². The number of aromatic nitrogens is 3. The lowest BCUT2D eigenvalue weighted by molar-refractivity contribution is -0.0647. The Bertz CT molecular complexity index is 2310. The average molecular weight is 803 g/mol. The smallest absolute Gasteiger partial charge is 0.187 e. The molecule has 0 amide bonds. The largest absolute Gasteiger partial charge is 0.508 e. The first kappa shape index (κ1) is 40.4. The lowest BCUT2D eigenvalue weighted by Crippen LogP contribution is -2.44. The summed E-state index contributed by atoms with van der Waals surface area (Å²) < 4.78 is 38.2. The molecule has 0 radical (unpaired) electrons. The van der Waals surface area contributed by atoms with Gasteiger partial charge in [-0.2, -0.15) is 0 Å². The molecular weight excluding hydrogens is 745 g/mol. The molecule has 5 atom stereocenters. The van der Waals surface area contributed by atoms with Gasteiger partial charge in [0.15, 0.2) is 15.6 Å². The Morgan fingerprint density at radius 1 is 0.914 bits per heavy atom. The molecule has 8 rings (SSSR count).